The van der Waals surface area contributed by atoms with Crippen molar-refractivity contribution in [3.05, 3.63) is 41.3 Å². The van der Waals surface area contributed by atoms with Crippen molar-refractivity contribution in [2.24, 2.45) is 0 Å². The van der Waals surface area contributed by atoms with E-state index in [0.29, 0.717) is 28.5 Å². The summed E-state index contributed by atoms with van der Waals surface area (Å²) in [6.07, 6.45) is 1.57. The molecule has 0 fully saturated rings. The van der Waals surface area contributed by atoms with Gasteiger partial charge >= 0.3 is 0 Å². The smallest absolute Gasteiger partial charge is 0.259 e. The minimum atomic E-state index is -0.207. The second kappa shape index (κ2) is 5.69. The number of carbonyl (C=O) groups is 1. The van der Waals surface area contributed by atoms with Crippen LogP contribution in [0.25, 0.3) is 0 Å². The van der Waals surface area contributed by atoms with Crippen molar-refractivity contribution >= 4 is 11.6 Å². The zero-order valence-electron chi connectivity index (χ0n) is 11.9. The summed E-state index contributed by atoms with van der Waals surface area (Å²) in [4.78, 5) is 12.2. The van der Waals surface area contributed by atoms with Gasteiger partial charge in [0, 0.05) is 17.3 Å². The number of ether oxygens (including phenoxy) is 2. The molecule has 1 amide bonds. The first-order valence-corrected chi connectivity index (χ1v) is 6.15. The quantitative estimate of drug-likeness (QED) is 0.931. The van der Waals surface area contributed by atoms with Crippen LogP contribution in [0.4, 0.5) is 5.69 Å². The minimum absolute atomic E-state index is 0.207. The summed E-state index contributed by atoms with van der Waals surface area (Å²) in [6, 6.07) is 5.20. The van der Waals surface area contributed by atoms with E-state index in [1.807, 2.05) is 6.92 Å². The maximum atomic E-state index is 12.2. The van der Waals surface area contributed by atoms with E-state index in [9.17, 15) is 4.79 Å². The van der Waals surface area contributed by atoms with Gasteiger partial charge in [-0.25, -0.2) is 0 Å². The summed E-state index contributed by atoms with van der Waals surface area (Å²) >= 11 is 0. The third-order valence-corrected chi connectivity index (χ3v) is 3.03. The Kier molecular flexibility index (Phi) is 3.98. The minimum Gasteiger partial charge on any atom is -0.493 e. The Bertz CT molecular complexity index is 611. The summed E-state index contributed by atoms with van der Waals surface area (Å²) in [5.74, 6) is 1.56. The molecular weight excluding hydrogens is 258 g/mol. The molecule has 0 aliphatic carbocycles. The zero-order chi connectivity index (χ0) is 14.7. The molecule has 0 bridgehead atoms. The molecule has 0 spiro atoms. The Morgan fingerprint density at radius 1 is 1.15 bits per heavy atom. The van der Waals surface area contributed by atoms with Gasteiger partial charge in [0.2, 0.25) is 0 Å². The molecule has 106 valence electrons. The van der Waals surface area contributed by atoms with Crippen molar-refractivity contribution in [1.82, 2.24) is 0 Å². The first-order valence-electron chi connectivity index (χ1n) is 6.15. The van der Waals surface area contributed by atoms with Gasteiger partial charge in [-0.3, -0.25) is 4.79 Å². The van der Waals surface area contributed by atoms with Crippen LogP contribution in [-0.2, 0) is 0 Å². The summed E-state index contributed by atoms with van der Waals surface area (Å²) in [7, 11) is 3.11. The normalized spacial score (nSPS) is 10.2. The van der Waals surface area contributed by atoms with E-state index in [0.717, 1.165) is 5.56 Å². The number of carbonyl (C=O) groups excluding carboxylic acids is 1. The number of furan rings is 1. The van der Waals surface area contributed by atoms with Gasteiger partial charge in [0.25, 0.3) is 5.91 Å². The van der Waals surface area contributed by atoms with Gasteiger partial charge < -0.3 is 19.2 Å². The lowest BCUT2D eigenvalue weighted by molar-refractivity contribution is 0.102. The Morgan fingerprint density at radius 3 is 2.40 bits per heavy atom. The number of amides is 1. The van der Waals surface area contributed by atoms with Gasteiger partial charge in [-0.2, -0.15) is 0 Å². The molecule has 0 saturated heterocycles. The molecular formula is C15H17NO4. The van der Waals surface area contributed by atoms with Crippen LogP contribution in [0, 0.1) is 13.8 Å². The van der Waals surface area contributed by atoms with Crippen LogP contribution in [0.3, 0.4) is 0 Å². The predicted octanol–water partition coefficient (Wildman–Crippen LogP) is 3.17. The van der Waals surface area contributed by atoms with Crippen LogP contribution >= 0.6 is 0 Å². The second-order valence-corrected chi connectivity index (χ2v) is 4.37. The molecule has 5 nitrogen and oxygen atoms in total. The van der Waals surface area contributed by atoms with E-state index in [2.05, 4.69) is 5.32 Å². The number of benzene rings is 1. The summed E-state index contributed by atoms with van der Waals surface area (Å²) in [5.41, 5.74) is 1.99. The van der Waals surface area contributed by atoms with Gasteiger partial charge in [0.1, 0.15) is 5.76 Å². The molecule has 20 heavy (non-hydrogen) atoms. The molecule has 1 aromatic carbocycles. The third-order valence-electron chi connectivity index (χ3n) is 3.03. The van der Waals surface area contributed by atoms with Crippen molar-refractivity contribution in [2.75, 3.05) is 19.5 Å². The number of hydrogen-bond donors (Lipinski definition) is 1. The Labute approximate surface area is 117 Å². The molecule has 0 aliphatic heterocycles. The van der Waals surface area contributed by atoms with Gasteiger partial charge in [-0.1, -0.05) is 0 Å². The van der Waals surface area contributed by atoms with E-state index in [1.165, 1.54) is 0 Å². The van der Waals surface area contributed by atoms with E-state index in [-0.39, 0.29) is 5.91 Å². The molecule has 0 radical (unpaired) electrons. The fraction of sp³-hybridized carbons (Fsp3) is 0.267. The van der Waals surface area contributed by atoms with Crippen molar-refractivity contribution in [1.29, 1.82) is 0 Å². The molecule has 1 aromatic heterocycles. The fourth-order valence-electron chi connectivity index (χ4n) is 2.02. The van der Waals surface area contributed by atoms with Crippen LogP contribution in [-0.4, -0.2) is 20.1 Å². The molecule has 2 rings (SSSR count). The molecule has 1 heterocycles. The van der Waals surface area contributed by atoms with E-state index < -0.39 is 0 Å². The molecule has 0 aliphatic rings. The molecule has 2 aromatic rings. The zero-order valence-corrected chi connectivity index (χ0v) is 11.9. The first-order chi connectivity index (χ1) is 9.56. The average Bonchev–Trinajstić information content (AvgIpc) is 2.78. The first kappa shape index (κ1) is 14.0. The van der Waals surface area contributed by atoms with Crippen molar-refractivity contribution in [3.63, 3.8) is 0 Å². The van der Waals surface area contributed by atoms with Crippen LogP contribution in [0.5, 0.6) is 11.5 Å². The van der Waals surface area contributed by atoms with Crippen molar-refractivity contribution < 1.29 is 18.7 Å². The lowest BCUT2D eigenvalue weighted by Crippen LogP contribution is -2.13. The monoisotopic (exact) mass is 275 g/mol. The highest BCUT2D eigenvalue weighted by molar-refractivity contribution is 6.06. The summed E-state index contributed by atoms with van der Waals surface area (Å²) < 4.78 is 15.6. The fourth-order valence-corrected chi connectivity index (χ4v) is 2.02. The summed E-state index contributed by atoms with van der Waals surface area (Å²) in [6.45, 7) is 3.59. The number of hydrogen-bond acceptors (Lipinski definition) is 4. The molecule has 0 atom stereocenters. The van der Waals surface area contributed by atoms with Crippen LogP contribution in [0.15, 0.2) is 28.9 Å². The van der Waals surface area contributed by atoms with Gasteiger partial charge in [-0.05, 0) is 26.0 Å². The molecule has 1 N–H and O–H groups in total. The maximum absolute atomic E-state index is 12.2. The van der Waals surface area contributed by atoms with E-state index in [1.54, 1.807) is 45.6 Å². The molecule has 0 saturated carbocycles. The number of aryl methyl sites for hydroxylation is 2. The molecule has 5 heteroatoms. The maximum Gasteiger partial charge on any atom is 0.259 e. The van der Waals surface area contributed by atoms with Crippen LogP contribution in [0.2, 0.25) is 0 Å². The average molecular weight is 275 g/mol. The van der Waals surface area contributed by atoms with Gasteiger partial charge in [-0.15, -0.1) is 0 Å². The van der Waals surface area contributed by atoms with Crippen LogP contribution < -0.4 is 14.8 Å². The Morgan fingerprint density at radius 2 is 1.85 bits per heavy atom. The number of nitrogens with one attached hydrogen (secondary N) is 1. The van der Waals surface area contributed by atoms with Crippen molar-refractivity contribution in [3.8, 4) is 11.5 Å². The molecule has 0 unspecified atom stereocenters. The predicted molar refractivity (Wildman–Crippen MR) is 75.7 cm³/mol. The standard InChI is InChI=1S/C15H17NO4/c1-9-8-20-10(2)14(9)15(17)16-11-5-6-12(18-3)13(7-11)19-4/h5-8H,1-4H3,(H,16,17). The Hall–Kier alpha value is -2.43. The highest BCUT2D eigenvalue weighted by atomic mass is 16.5. The highest BCUT2D eigenvalue weighted by Gasteiger charge is 2.16. The second-order valence-electron chi connectivity index (χ2n) is 4.37. The lowest BCUT2D eigenvalue weighted by Gasteiger charge is -2.10. The van der Waals surface area contributed by atoms with Crippen molar-refractivity contribution in [2.45, 2.75) is 13.8 Å². The van der Waals surface area contributed by atoms with E-state index >= 15 is 0 Å². The SMILES string of the molecule is COc1ccc(NC(=O)c2c(C)coc2C)cc1OC. The topological polar surface area (TPSA) is 60.7 Å². The van der Waals surface area contributed by atoms with E-state index in [4.69, 9.17) is 13.9 Å². The number of methoxy groups -OCH3 is 2. The van der Waals surface area contributed by atoms with Gasteiger partial charge in [0.15, 0.2) is 11.5 Å². The number of rotatable bonds is 4. The Balaban J connectivity index is 2.24. The summed E-state index contributed by atoms with van der Waals surface area (Å²) in [5, 5.41) is 2.82. The van der Waals surface area contributed by atoms with Gasteiger partial charge in [0.05, 0.1) is 26.0 Å². The lowest BCUT2D eigenvalue weighted by atomic mass is 10.1. The van der Waals surface area contributed by atoms with Crippen LogP contribution in [0.1, 0.15) is 21.7 Å². The highest BCUT2D eigenvalue weighted by Crippen LogP contribution is 2.30. The third kappa shape index (κ3) is 2.61. The number of anilines is 1. The largest absolute Gasteiger partial charge is 0.493 e.